The summed E-state index contributed by atoms with van der Waals surface area (Å²) in [5.41, 5.74) is 3.83. The van der Waals surface area contributed by atoms with Crippen molar-refractivity contribution >= 4 is 46.3 Å². The molecule has 1 N–H and O–H groups in total. The molecule has 2 aliphatic rings. The monoisotopic (exact) mass is 429 g/mol. The number of benzene rings is 2. The van der Waals surface area contributed by atoms with Crippen molar-refractivity contribution in [1.29, 1.82) is 0 Å². The molecule has 2 aromatic carbocycles. The molecule has 0 bridgehead atoms. The Kier molecular flexibility index (Phi) is 4.64. The number of hydrogen-bond donors (Lipinski definition) is 1. The third-order valence-electron chi connectivity index (χ3n) is 5.46. The van der Waals surface area contributed by atoms with Gasteiger partial charge in [0.25, 0.3) is 17.7 Å². The van der Waals surface area contributed by atoms with E-state index in [2.05, 4.69) is 10.3 Å². The second kappa shape index (κ2) is 7.49. The van der Waals surface area contributed by atoms with Crippen LogP contribution in [0.15, 0.2) is 72.4 Å². The van der Waals surface area contributed by atoms with Gasteiger partial charge >= 0.3 is 0 Å². The van der Waals surface area contributed by atoms with E-state index in [-0.39, 0.29) is 28.4 Å². The average Bonchev–Trinajstić information content (AvgIpc) is 3.05. The maximum absolute atomic E-state index is 13.2. The summed E-state index contributed by atoms with van der Waals surface area (Å²) in [7, 11) is 0. The summed E-state index contributed by atoms with van der Waals surface area (Å²) >= 11 is 6.44. The van der Waals surface area contributed by atoms with Crippen molar-refractivity contribution in [2.45, 2.75) is 12.8 Å². The molecule has 6 nitrogen and oxygen atoms in total. The minimum Gasteiger partial charge on any atom is -0.321 e. The molecular formula is C24H16ClN3O3. The number of aryl methyl sites for hydroxylation is 1. The molecule has 0 saturated heterocycles. The summed E-state index contributed by atoms with van der Waals surface area (Å²) in [5.74, 6) is -1.10. The van der Waals surface area contributed by atoms with Crippen LogP contribution >= 0.6 is 11.6 Å². The predicted octanol–water partition coefficient (Wildman–Crippen LogP) is 4.26. The highest BCUT2D eigenvalue weighted by molar-refractivity contribution is 6.47. The van der Waals surface area contributed by atoms with Crippen LogP contribution in [-0.2, 0) is 16.0 Å². The number of imide groups is 1. The number of amides is 3. The van der Waals surface area contributed by atoms with Gasteiger partial charge in [-0.3, -0.25) is 19.4 Å². The van der Waals surface area contributed by atoms with Gasteiger partial charge in [-0.1, -0.05) is 41.9 Å². The van der Waals surface area contributed by atoms with Crippen LogP contribution in [0, 0.1) is 0 Å². The fourth-order valence-electron chi connectivity index (χ4n) is 4.00. The van der Waals surface area contributed by atoms with Crippen LogP contribution in [0.2, 0.25) is 5.02 Å². The Labute approximate surface area is 183 Å². The molecule has 0 unspecified atom stereocenters. The van der Waals surface area contributed by atoms with E-state index < -0.39 is 0 Å². The van der Waals surface area contributed by atoms with E-state index >= 15 is 0 Å². The molecule has 1 aromatic heterocycles. The van der Waals surface area contributed by atoms with E-state index in [1.54, 1.807) is 30.3 Å². The van der Waals surface area contributed by atoms with Crippen molar-refractivity contribution in [2.75, 3.05) is 10.2 Å². The first-order chi connectivity index (χ1) is 15.0. The van der Waals surface area contributed by atoms with E-state index in [4.69, 9.17) is 11.6 Å². The predicted molar refractivity (Wildman–Crippen MR) is 118 cm³/mol. The van der Waals surface area contributed by atoms with Crippen molar-refractivity contribution in [3.05, 3.63) is 94.3 Å². The van der Waals surface area contributed by atoms with E-state index in [1.165, 1.54) is 12.3 Å². The number of pyridine rings is 1. The zero-order valence-electron chi connectivity index (χ0n) is 16.3. The fraction of sp³-hybridized carbons (Fsp3) is 0.0833. The molecule has 0 radical (unpaired) electrons. The highest BCUT2D eigenvalue weighted by atomic mass is 35.5. The number of nitrogens with zero attached hydrogens (tertiary/aromatic N) is 2. The third-order valence-corrected chi connectivity index (χ3v) is 5.76. The Hall–Kier alpha value is -3.77. The second-order valence-corrected chi connectivity index (χ2v) is 7.70. The lowest BCUT2D eigenvalue weighted by atomic mass is 9.87. The first-order valence-electron chi connectivity index (χ1n) is 9.77. The summed E-state index contributed by atoms with van der Waals surface area (Å²) in [6.45, 7) is 0. The molecule has 0 atom stereocenters. The van der Waals surface area contributed by atoms with Gasteiger partial charge in [-0.05, 0) is 54.3 Å². The van der Waals surface area contributed by atoms with Gasteiger partial charge in [0.1, 0.15) is 5.69 Å². The van der Waals surface area contributed by atoms with Crippen molar-refractivity contribution in [3.8, 4) is 0 Å². The Balaban J connectivity index is 1.44. The van der Waals surface area contributed by atoms with Crippen molar-refractivity contribution in [1.82, 2.24) is 4.98 Å². The maximum atomic E-state index is 13.2. The first kappa shape index (κ1) is 19.2. The molecule has 2 heterocycles. The van der Waals surface area contributed by atoms with Gasteiger partial charge in [-0.25, -0.2) is 4.90 Å². The smallest absolute Gasteiger partial charge is 0.274 e. The summed E-state index contributed by atoms with van der Waals surface area (Å²) in [4.78, 5) is 43.7. The molecule has 1 aliphatic heterocycles. The molecule has 31 heavy (non-hydrogen) atoms. The minimum absolute atomic E-state index is 0.189. The zero-order chi connectivity index (χ0) is 21.5. The molecule has 152 valence electrons. The minimum atomic E-state index is -0.383. The Morgan fingerprint density at radius 1 is 0.968 bits per heavy atom. The van der Waals surface area contributed by atoms with Crippen molar-refractivity contribution < 1.29 is 14.4 Å². The Morgan fingerprint density at radius 3 is 2.55 bits per heavy atom. The van der Waals surface area contributed by atoms with Gasteiger partial charge in [-0.2, -0.15) is 0 Å². The lowest BCUT2D eigenvalue weighted by Gasteiger charge is -2.17. The van der Waals surface area contributed by atoms with Gasteiger partial charge in [0, 0.05) is 17.5 Å². The molecule has 7 heteroatoms. The van der Waals surface area contributed by atoms with Gasteiger partial charge in [0.2, 0.25) is 0 Å². The molecule has 5 rings (SSSR count). The van der Waals surface area contributed by atoms with Crippen molar-refractivity contribution in [3.63, 3.8) is 0 Å². The number of carbonyl (C=O) groups excluding carboxylic acids is 3. The molecule has 0 saturated carbocycles. The van der Waals surface area contributed by atoms with E-state index in [0.29, 0.717) is 35.4 Å². The molecule has 0 fully saturated rings. The molecule has 3 amide bonds. The quantitative estimate of drug-likeness (QED) is 0.631. The summed E-state index contributed by atoms with van der Waals surface area (Å²) < 4.78 is 0. The Bertz CT molecular complexity index is 1280. The summed E-state index contributed by atoms with van der Waals surface area (Å²) in [6, 6.07) is 17.4. The first-order valence-corrected chi connectivity index (χ1v) is 10.1. The van der Waals surface area contributed by atoms with Gasteiger partial charge in [0.15, 0.2) is 0 Å². The third kappa shape index (κ3) is 3.21. The van der Waals surface area contributed by atoms with Crippen LogP contribution in [0.4, 0.5) is 11.4 Å². The number of fused-ring (bicyclic) bond motifs is 2. The van der Waals surface area contributed by atoms with Gasteiger partial charge < -0.3 is 5.32 Å². The topological polar surface area (TPSA) is 79.4 Å². The van der Waals surface area contributed by atoms with Crippen molar-refractivity contribution in [2.24, 2.45) is 0 Å². The number of halogens is 1. The Morgan fingerprint density at radius 2 is 1.77 bits per heavy atom. The standard InChI is InChI=1S/C24H16ClN3O3/c25-18-13-15(27-22(29)19-7-3-4-12-26-19)9-11-20(18)28-23(30)17-10-8-14-5-1-2-6-16(14)21(17)24(28)31/h1-7,9,11-13H,8,10H2,(H,27,29). The lowest BCUT2D eigenvalue weighted by molar-refractivity contribution is -0.120. The highest BCUT2D eigenvalue weighted by Crippen LogP contribution is 2.41. The maximum Gasteiger partial charge on any atom is 0.274 e. The molecule has 3 aromatic rings. The highest BCUT2D eigenvalue weighted by Gasteiger charge is 2.42. The number of nitrogens with one attached hydrogen (secondary N) is 1. The van der Waals surface area contributed by atoms with Crippen LogP contribution in [0.1, 0.15) is 28.0 Å². The number of rotatable bonds is 3. The van der Waals surface area contributed by atoms with Crippen LogP contribution in [0.3, 0.4) is 0 Å². The summed E-state index contributed by atoms with van der Waals surface area (Å²) in [5, 5.41) is 2.91. The van der Waals surface area contributed by atoms with Crippen LogP contribution in [0.25, 0.3) is 5.57 Å². The van der Waals surface area contributed by atoms with Crippen LogP contribution in [0.5, 0.6) is 0 Å². The zero-order valence-corrected chi connectivity index (χ0v) is 17.0. The number of aromatic nitrogens is 1. The van der Waals surface area contributed by atoms with E-state index in [1.807, 2.05) is 24.3 Å². The van der Waals surface area contributed by atoms with E-state index in [0.717, 1.165) is 16.0 Å². The molecule has 0 spiro atoms. The van der Waals surface area contributed by atoms with Crippen LogP contribution in [-0.4, -0.2) is 22.7 Å². The normalized spacial score (nSPS) is 15.1. The lowest BCUT2D eigenvalue weighted by Crippen LogP contribution is -2.31. The number of anilines is 2. The van der Waals surface area contributed by atoms with Crippen LogP contribution < -0.4 is 10.2 Å². The van der Waals surface area contributed by atoms with Gasteiger partial charge in [0.05, 0.1) is 16.3 Å². The van der Waals surface area contributed by atoms with E-state index in [9.17, 15) is 14.4 Å². The molecular weight excluding hydrogens is 414 g/mol. The largest absolute Gasteiger partial charge is 0.321 e. The SMILES string of the molecule is O=C(Nc1ccc(N2C(=O)C3=C(C2=O)c2ccccc2CC3)c(Cl)c1)c1ccccn1. The fourth-order valence-corrected chi connectivity index (χ4v) is 4.27. The average molecular weight is 430 g/mol. The number of hydrogen-bond acceptors (Lipinski definition) is 4. The summed E-state index contributed by atoms with van der Waals surface area (Å²) in [6.07, 6.45) is 2.76. The van der Waals surface area contributed by atoms with Gasteiger partial charge in [-0.15, -0.1) is 0 Å². The number of carbonyl (C=O) groups is 3. The molecule has 1 aliphatic carbocycles. The second-order valence-electron chi connectivity index (χ2n) is 7.29.